The Bertz CT molecular complexity index is 524. The van der Waals surface area contributed by atoms with Crippen molar-refractivity contribution in [2.45, 2.75) is 20.3 Å². The van der Waals surface area contributed by atoms with Crippen LogP contribution in [0.15, 0.2) is 10.7 Å². The van der Waals surface area contributed by atoms with Gasteiger partial charge in [0, 0.05) is 31.8 Å². The molecule has 0 unspecified atom stereocenters. The number of nitrogens with zero attached hydrogens (tertiary/aromatic N) is 4. The van der Waals surface area contributed by atoms with Crippen molar-refractivity contribution in [2.24, 2.45) is 0 Å². The van der Waals surface area contributed by atoms with E-state index in [0.29, 0.717) is 30.6 Å². The molecular formula is C11H16N6O. The summed E-state index contributed by atoms with van der Waals surface area (Å²) in [7, 11) is 1.79. The molecule has 0 fully saturated rings. The molecule has 0 aromatic carbocycles. The summed E-state index contributed by atoms with van der Waals surface area (Å²) in [5.41, 5.74) is 0.996. The predicted molar refractivity (Wildman–Crippen MR) is 67.5 cm³/mol. The first-order chi connectivity index (χ1) is 8.69. The zero-order valence-corrected chi connectivity index (χ0v) is 10.7. The molecule has 2 N–H and O–H groups in total. The highest BCUT2D eigenvalue weighted by atomic mass is 16.5. The van der Waals surface area contributed by atoms with E-state index in [1.807, 2.05) is 6.92 Å². The third-order valence-corrected chi connectivity index (χ3v) is 2.40. The van der Waals surface area contributed by atoms with Crippen LogP contribution in [0.1, 0.15) is 17.3 Å². The number of rotatable bonds is 5. The van der Waals surface area contributed by atoms with Crippen LogP contribution in [0.3, 0.4) is 0 Å². The molecule has 7 nitrogen and oxygen atoms in total. The van der Waals surface area contributed by atoms with Gasteiger partial charge in [0.2, 0.25) is 11.8 Å². The third kappa shape index (κ3) is 2.93. The Morgan fingerprint density at radius 2 is 2.11 bits per heavy atom. The monoisotopic (exact) mass is 248 g/mol. The second-order valence-electron chi connectivity index (χ2n) is 3.89. The number of aryl methyl sites for hydroxylation is 2. The fourth-order valence-corrected chi connectivity index (χ4v) is 1.47. The van der Waals surface area contributed by atoms with Crippen molar-refractivity contribution < 1.29 is 4.52 Å². The van der Waals surface area contributed by atoms with Crippen LogP contribution in [0.2, 0.25) is 0 Å². The van der Waals surface area contributed by atoms with E-state index >= 15 is 0 Å². The Balaban J connectivity index is 1.93. The van der Waals surface area contributed by atoms with Gasteiger partial charge in [-0.05, 0) is 13.8 Å². The quantitative estimate of drug-likeness (QED) is 0.821. The summed E-state index contributed by atoms with van der Waals surface area (Å²) < 4.78 is 5.03. The summed E-state index contributed by atoms with van der Waals surface area (Å²) in [6, 6.07) is 0. The Morgan fingerprint density at radius 1 is 1.28 bits per heavy atom. The van der Waals surface area contributed by atoms with Gasteiger partial charge >= 0.3 is 0 Å². The zero-order valence-electron chi connectivity index (χ0n) is 10.7. The summed E-state index contributed by atoms with van der Waals surface area (Å²) in [5.74, 6) is 2.68. The fraction of sp³-hybridized carbons (Fsp3) is 0.455. The average Bonchev–Trinajstić information content (AvgIpc) is 2.77. The highest BCUT2D eigenvalue weighted by molar-refractivity contribution is 5.46. The Hall–Kier alpha value is -2.18. The lowest BCUT2D eigenvalue weighted by atomic mass is 10.3. The van der Waals surface area contributed by atoms with Gasteiger partial charge in [0.25, 0.3) is 0 Å². The Kier molecular flexibility index (Phi) is 3.71. The molecule has 0 radical (unpaired) electrons. The standard InChI is InChI=1S/C11H16N6O/c1-7-6-14-11(12-3)16-10(7)13-5-4-9-15-8(2)17-18-9/h6H,4-5H2,1-3H3,(H2,12,13,14,16). The minimum atomic E-state index is 0.594. The minimum absolute atomic E-state index is 0.594. The molecule has 2 aromatic heterocycles. The normalized spacial score (nSPS) is 10.4. The van der Waals surface area contributed by atoms with Crippen LogP contribution in [-0.2, 0) is 6.42 Å². The molecule has 0 spiro atoms. The molecule has 18 heavy (non-hydrogen) atoms. The molecule has 7 heteroatoms. The van der Waals surface area contributed by atoms with E-state index in [-0.39, 0.29) is 0 Å². The van der Waals surface area contributed by atoms with E-state index < -0.39 is 0 Å². The van der Waals surface area contributed by atoms with Crippen LogP contribution in [-0.4, -0.2) is 33.7 Å². The SMILES string of the molecule is CNc1ncc(C)c(NCCc2nc(C)no2)n1. The highest BCUT2D eigenvalue weighted by Gasteiger charge is 2.05. The summed E-state index contributed by atoms with van der Waals surface area (Å²) in [6.45, 7) is 4.44. The second kappa shape index (κ2) is 5.44. The summed E-state index contributed by atoms with van der Waals surface area (Å²) >= 11 is 0. The van der Waals surface area contributed by atoms with Gasteiger partial charge < -0.3 is 15.2 Å². The van der Waals surface area contributed by atoms with E-state index in [1.54, 1.807) is 20.2 Å². The minimum Gasteiger partial charge on any atom is -0.369 e. The maximum Gasteiger partial charge on any atom is 0.228 e. The summed E-state index contributed by atoms with van der Waals surface area (Å²) in [6.07, 6.45) is 2.44. The van der Waals surface area contributed by atoms with Gasteiger partial charge in [-0.1, -0.05) is 5.16 Å². The lowest BCUT2D eigenvalue weighted by molar-refractivity contribution is 0.377. The summed E-state index contributed by atoms with van der Waals surface area (Å²) in [5, 5.41) is 9.87. The zero-order chi connectivity index (χ0) is 13.0. The first-order valence-electron chi connectivity index (χ1n) is 5.73. The molecule has 0 aliphatic rings. The number of hydrogen-bond donors (Lipinski definition) is 2. The van der Waals surface area contributed by atoms with Crippen LogP contribution in [0.5, 0.6) is 0 Å². The predicted octanol–water partition coefficient (Wildman–Crippen LogP) is 1.17. The molecule has 0 saturated carbocycles. The molecule has 2 rings (SSSR count). The molecule has 2 aromatic rings. The van der Waals surface area contributed by atoms with Crippen molar-refractivity contribution in [3.05, 3.63) is 23.5 Å². The Morgan fingerprint density at radius 3 is 2.78 bits per heavy atom. The van der Waals surface area contributed by atoms with E-state index in [9.17, 15) is 0 Å². The van der Waals surface area contributed by atoms with E-state index in [0.717, 1.165) is 11.4 Å². The molecule has 0 saturated heterocycles. The molecule has 0 amide bonds. The van der Waals surface area contributed by atoms with Gasteiger partial charge in [-0.25, -0.2) is 4.98 Å². The van der Waals surface area contributed by atoms with Gasteiger partial charge in [0.05, 0.1) is 0 Å². The number of hydrogen-bond acceptors (Lipinski definition) is 7. The Labute approximate surface area is 105 Å². The first kappa shape index (κ1) is 12.3. The van der Waals surface area contributed by atoms with Gasteiger partial charge in [-0.3, -0.25) is 0 Å². The van der Waals surface area contributed by atoms with Gasteiger partial charge in [0.15, 0.2) is 5.82 Å². The van der Waals surface area contributed by atoms with E-state index in [2.05, 4.69) is 30.7 Å². The number of nitrogens with one attached hydrogen (secondary N) is 2. The van der Waals surface area contributed by atoms with Crippen molar-refractivity contribution in [2.75, 3.05) is 24.2 Å². The largest absolute Gasteiger partial charge is 0.369 e. The van der Waals surface area contributed by atoms with E-state index in [1.165, 1.54) is 0 Å². The summed E-state index contributed by atoms with van der Waals surface area (Å²) in [4.78, 5) is 12.6. The number of anilines is 2. The van der Waals surface area contributed by atoms with Crippen LogP contribution in [0, 0.1) is 13.8 Å². The van der Waals surface area contributed by atoms with Crippen molar-refractivity contribution in [3.8, 4) is 0 Å². The molecule has 0 aliphatic heterocycles. The topological polar surface area (TPSA) is 88.8 Å². The molecule has 0 bridgehead atoms. The smallest absolute Gasteiger partial charge is 0.228 e. The van der Waals surface area contributed by atoms with Crippen LogP contribution in [0.25, 0.3) is 0 Å². The third-order valence-electron chi connectivity index (χ3n) is 2.40. The van der Waals surface area contributed by atoms with Crippen molar-refractivity contribution >= 4 is 11.8 Å². The van der Waals surface area contributed by atoms with E-state index in [4.69, 9.17) is 4.52 Å². The second-order valence-corrected chi connectivity index (χ2v) is 3.89. The van der Waals surface area contributed by atoms with Crippen molar-refractivity contribution in [1.29, 1.82) is 0 Å². The number of aromatic nitrogens is 4. The fourth-order valence-electron chi connectivity index (χ4n) is 1.47. The van der Waals surface area contributed by atoms with Crippen LogP contribution >= 0.6 is 0 Å². The molecular weight excluding hydrogens is 232 g/mol. The highest BCUT2D eigenvalue weighted by Crippen LogP contribution is 2.12. The lowest BCUT2D eigenvalue weighted by Crippen LogP contribution is -2.09. The van der Waals surface area contributed by atoms with Crippen LogP contribution < -0.4 is 10.6 Å². The molecule has 96 valence electrons. The maximum atomic E-state index is 5.03. The molecule has 2 heterocycles. The van der Waals surface area contributed by atoms with Crippen molar-refractivity contribution in [3.63, 3.8) is 0 Å². The van der Waals surface area contributed by atoms with Gasteiger partial charge in [-0.2, -0.15) is 9.97 Å². The molecule has 0 atom stereocenters. The van der Waals surface area contributed by atoms with Crippen LogP contribution in [0.4, 0.5) is 11.8 Å². The first-order valence-corrected chi connectivity index (χ1v) is 5.73. The van der Waals surface area contributed by atoms with Gasteiger partial charge in [-0.15, -0.1) is 0 Å². The average molecular weight is 248 g/mol. The van der Waals surface area contributed by atoms with Crippen molar-refractivity contribution in [1.82, 2.24) is 20.1 Å². The maximum absolute atomic E-state index is 5.03. The molecule has 0 aliphatic carbocycles. The lowest BCUT2D eigenvalue weighted by Gasteiger charge is -2.08. The van der Waals surface area contributed by atoms with Gasteiger partial charge in [0.1, 0.15) is 5.82 Å².